The molecular formula is C14H15N5O5S3. The number of thiophene rings is 1. The molecule has 0 aliphatic heterocycles. The van der Waals surface area contributed by atoms with E-state index in [-0.39, 0.29) is 26.2 Å². The summed E-state index contributed by atoms with van der Waals surface area (Å²) in [4.78, 5) is 21.7. The van der Waals surface area contributed by atoms with Crippen molar-refractivity contribution in [3.63, 3.8) is 0 Å². The molecule has 0 aromatic carbocycles. The number of carbonyl (C=O) groups is 1. The van der Waals surface area contributed by atoms with E-state index in [1.807, 2.05) is 0 Å². The van der Waals surface area contributed by atoms with Crippen LogP contribution in [0.3, 0.4) is 0 Å². The highest BCUT2D eigenvalue weighted by Crippen LogP contribution is 2.25. The molecule has 1 amide bonds. The Labute approximate surface area is 162 Å². The number of hydrogen-bond acceptors (Lipinski definition) is 9. The summed E-state index contributed by atoms with van der Waals surface area (Å²) in [5.74, 6) is 0.397. The Morgan fingerprint density at radius 1 is 1.26 bits per heavy atom. The topological polar surface area (TPSA) is 115 Å². The van der Waals surface area contributed by atoms with Gasteiger partial charge in [-0.25, -0.2) is 0 Å². The third-order valence-electron chi connectivity index (χ3n) is 3.32. The Balaban J connectivity index is 2.14. The Morgan fingerprint density at radius 3 is 2.63 bits per heavy atom. The number of aromatic nitrogens is 3. The van der Waals surface area contributed by atoms with Gasteiger partial charge in [0, 0.05) is 14.1 Å². The molecule has 0 atom stereocenters. The average Bonchev–Trinajstić information content (AvgIpc) is 3.26. The van der Waals surface area contributed by atoms with Crippen LogP contribution in [0.4, 0.5) is 0 Å². The molecule has 3 rings (SSSR count). The third kappa shape index (κ3) is 3.65. The molecule has 0 aliphatic rings. The number of hydrogen-bond donors (Lipinski definition) is 0. The monoisotopic (exact) mass is 429 g/mol. The normalized spacial score (nSPS) is 12.4. The highest BCUT2D eigenvalue weighted by atomic mass is 32.2. The zero-order valence-corrected chi connectivity index (χ0v) is 17.2. The summed E-state index contributed by atoms with van der Waals surface area (Å²) in [7, 11) is 1.86. The summed E-state index contributed by atoms with van der Waals surface area (Å²) in [6.07, 6.45) is 0. The van der Waals surface area contributed by atoms with Crippen molar-refractivity contribution < 1.29 is 22.7 Å². The maximum atomic E-state index is 12.7. The van der Waals surface area contributed by atoms with Crippen LogP contribution in [-0.2, 0) is 10.0 Å². The minimum Gasteiger partial charge on any atom is -0.481 e. The lowest BCUT2D eigenvalue weighted by Crippen LogP contribution is -2.22. The largest absolute Gasteiger partial charge is 0.481 e. The quantitative estimate of drug-likeness (QED) is 0.591. The van der Waals surface area contributed by atoms with E-state index in [1.54, 1.807) is 14.1 Å². The molecule has 0 fully saturated rings. The van der Waals surface area contributed by atoms with Crippen LogP contribution in [0.25, 0.3) is 5.78 Å². The number of rotatable bonds is 5. The molecule has 3 aromatic heterocycles. The average molecular weight is 430 g/mol. The van der Waals surface area contributed by atoms with E-state index < -0.39 is 15.9 Å². The minimum atomic E-state index is -4.13. The van der Waals surface area contributed by atoms with E-state index in [0.29, 0.717) is 5.88 Å². The highest BCUT2D eigenvalue weighted by Gasteiger charge is 2.25. The van der Waals surface area contributed by atoms with Crippen LogP contribution < -0.4 is 14.3 Å². The van der Waals surface area contributed by atoms with Crippen LogP contribution in [0.1, 0.15) is 10.4 Å². The van der Waals surface area contributed by atoms with Gasteiger partial charge in [-0.2, -0.15) is 22.2 Å². The second-order valence-electron chi connectivity index (χ2n) is 5.31. The lowest BCUT2D eigenvalue weighted by atomic mass is 10.3. The molecule has 3 aromatic rings. The van der Waals surface area contributed by atoms with Crippen LogP contribution in [0.5, 0.6) is 11.8 Å². The maximum absolute atomic E-state index is 12.7. The van der Waals surface area contributed by atoms with Crippen LogP contribution in [-0.4, -0.2) is 61.3 Å². The Kier molecular flexibility index (Phi) is 5.17. The first kappa shape index (κ1) is 19.3. The fraction of sp³-hybridized carbons (Fsp3) is 0.286. The molecule has 0 bridgehead atoms. The van der Waals surface area contributed by atoms with Crippen molar-refractivity contribution in [1.29, 1.82) is 0 Å². The summed E-state index contributed by atoms with van der Waals surface area (Å²) in [6.45, 7) is 0. The van der Waals surface area contributed by atoms with E-state index in [1.165, 1.54) is 40.4 Å². The summed E-state index contributed by atoms with van der Waals surface area (Å²) >= 11 is 1.86. The van der Waals surface area contributed by atoms with E-state index in [9.17, 15) is 13.2 Å². The predicted octanol–water partition coefficient (Wildman–Crippen LogP) is 0.861. The van der Waals surface area contributed by atoms with Gasteiger partial charge in [0.2, 0.25) is 16.6 Å². The number of ether oxygens (including phenoxy) is 2. The van der Waals surface area contributed by atoms with Gasteiger partial charge in [0.15, 0.2) is 4.21 Å². The zero-order valence-electron chi connectivity index (χ0n) is 14.7. The van der Waals surface area contributed by atoms with Gasteiger partial charge in [-0.15, -0.1) is 15.7 Å². The number of carbonyl (C=O) groups excluding carboxylic acids is 1. The summed E-state index contributed by atoms with van der Waals surface area (Å²) < 4.78 is 40.9. The molecule has 27 heavy (non-hydrogen) atoms. The van der Waals surface area contributed by atoms with Crippen molar-refractivity contribution in [2.75, 3.05) is 28.3 Å². The van der Waals surface area contributed by atoms with Crippen molar-refractivity contribution in [3.8, 4) is 11.8 Å². The zero-order chi connectivity index (χ0) is 19.8. The molecule has 13 heteroatoms. The number of sulfonamides is 1. The number of nitrogens with zero attached hydrogens (tertiary/aromatic N) is 5. The van der Waals surface area contributed by atoms with Gasteiger partial charge in [0.05, 0.1) is 25.8 Å². The smallest absolute Gasteiger partial charge is 0.295 e. The van der Waals surface area contributed by atoms with Gasteiger partial charge in [-0.05, 0) is 23.0 Å². The van der Waals surface area contributed by atoms with Crippen LogP contribution in [0.15, 0.2) is 26.1 Å². The van der Waals surface area contributed by atoms with E-state index in [2.05, 4.69) is 14.4 Å². The number of fused-ring (bicyclic) bond motifs is 1. The van der Waals surface area contributed by atoms with Crippen molar-refractivity contribution in [1.82, 2.24) is 18.7 Å². The fourth-order valence-electron chi connectivity index (χ4n) is 2.11. The first-order valence-electron chi connectivity index (χ1n) is 7.36. The number of methoxy groups -OCH3 is 2. The molecular weight excluding hydrogens is 414 g/mol. The molecule has 10 nitrogen and oxygen atoms in total. The summed E-state index contributed by atoms with van der Waals surface area (Å²) in [5.41, 5.74) is 0.0693. The van der Waals surface area contributed by atoms with Crippen LogP contribution >= 0.6 is 22.9 Å². The minimum absolute atomic E-state index is 0.0503. The molecule has 144 valence electrons. The van der Waals surface area contributed by atoms with Crippen molar-refractivity contribution in [2.45, 2.75) is 4.21 Å². The first-order valence-corrected chi connectivity index (χ1v) is 10.5. The van der Waals surface area contributed by atoms with E-state index in [4.69, 9.17) is 9.47 Å². The second-order valence-corrected chi connectivity index (χ2v) is 8.94. The third-order valence-corrected chi connectivity index (χ3v) is 7.04. The number of amides is 1. The van der Waals surface area contributed by atoms with Gasteiger partial charge < -0.3 is 14.4 Å². The van der Waals surface area contributed by atoms with Gasteiger partial charge in [-0.3, -0.25) is 4.79 Å². The van der Waals surface area contributed by atoms with Crippen LogP contribution in [0, 0.1) is 0 Å². The van der Waals surface area contributed by atoms with Crippen LogP contribution in [0.2, 0.25) is 0 Å². The molecule has 0 saturated carbocycles. The van der Waals surface area contributed by atoms with E-state index in [0.717, 1.165) is 22.9 Å². The molecule has 0 radical (unpaired) electrons. The second kappa shape index (κ2) is 7.25. The van der Waals surface area contributed by atoms with Crippen molar-refractivity contribution >= 4 is 44.6 Å². The fourth-order valence-corrected chi connectivity index (χ4v) is 5.34. The SMILES string of the molecule is COc1cc(OC)n2sc(=NS(=O)(=O)c3sccc3C(=O)N(C)C)nc2n1. The first-order chi connectivity index (χ1) is 12.8. The van der Waals surface area contributed by atoms with Gasteiger partial charge in [-0.1, -0.05) is 0 Å². The summed E-state index contributed by atoms with van der Waals surface area (Å²) in [5, 5.41) is 1.53. The standard InChI is InChI=1S/C14H15N5O5S3/c1-18(2)11(20)8-5-6-25-12(8)27(21,22)17-14-16-13-15-9(23-3)7-10(24-4)19(13)26-14/h5-7H,1-4H3. The Hall–Kier alpha value is -2.51. The lowest BCUT2D eigenvalue weighted by Gasteiger charge is -2.09. The Morgan fingerprint density at radius 2 is 2.00 bits per heavy atom. The lowest BCUT2D eigenvalue weighted by molar-refractivity contribution is 0.0825. The molecule has 3 heterocycles. The molecule has 0 spiro atoms. The molecule has 0 aliphatic carbocycles. The maximum Gasteiger partial charge on any atom is 0.295 e. The molecule has 0 N–H and O–H groups in total. The van der Waals surface area contributed by atoms with E-state index >= 15 is 0 Å². The van der Waals surface area contributed by atoms with Crippen molar-refractivity contribution in [3.05, 3.63) is 27.9 Å². The van der Waals surface area contributed by atoms with Gasteiger partial charge in [0.25, 0.3) is 21.7 Å². The molecule has 0 unspecified atom stereocenters. The van der Waals surface area contributed by atoms with Gasteiger partial charge >= 0.3 is 0 Å². The Bertz CT molecular complexity index is 1180. The predicted molar refractivity (Wildman–Crippen MR) is 99.1 cm³/mol. The van der Waals surface area contributed by atoms with Gasteiger partial charge in [0.1, 0.15) is 0 Å². The highest BCUT2D eigenvalue weighted by molar-refractivity contribution is 7.92. The molecule has 0 saturated heterocycles. The van der Waals surface area contributed by atoms with Crippen molar-refractivity contribution in [2.24, 2.45) is 4.40 Å². The summed E-state index contributed by atoms with van der Waals surface area (Å²) in [6, 6.07) is 2.99.